The summed E-state index contributed by atoms with van der Waals surface area (Å²) >= 11 is 3.58. The van der Waals surface area contributed by atoms with Gasteiger partial charge in [0.25, 0.3) is 0 Å². The summed E-state index contributed by atoms with van der Waals surface area (Å²) in [6.45, 7) is 3.91. The lowest BCUT2D eigenvalue weighted by Crippen LogP contribution is -2.26. The zero-order chi connectivity index (χ0) is 12.2. The molecule has 2 aromatic rings. The number of hydrogen-bond acceptors (Lipinski definition) is 1. The van der Waals surface area contributed by atoms with Crippen LogP contribution in [-0.4, -0.2) is 5.91 Å². The Kier molecular flexibility index (Phi) is 2.11. The zero-order valence-corrected chi connectivity index (χ0v) is 11.3. The monoisotopic (exact) mass is 289 g/mol. The van der Waals surface area contributed by atoms with Gasteiger partial charge in [-0.2, -0.15) is 0 Å². The van der Waals surface area contributed by atoms with Crippen LogP contribution >= 0.6 is 15.9 Å². The van der Waals surface area contributed by atoms with E-state index in [1.165, 1.54) is 0 Å². The highest BCUT2D eigenvalue weighted by Gasteiger charge is 2.39. The van der Waals surface area contributed by atoms with Gasteiger partial charge in [-0.15, -0.1) is 0 Å². The molecule has 2 aromatic carbocycles. The third kappa shape index (κ3) is 1.35. The SMILES string of the molecule is CC1(C)C(=O)Nc2c1cc(Br)c1ccccc21. The average molecular weight is 290 g/mol. The normalized spacial score (nSPS) is 17.0. The lowest BCUT2D eigenvalue weighted by molar-refractivity contribution is -0.119. The molecular formula is C14H12BrNO. The molecule has 0 radical (unpaired) electrons. The smallest absolute Gasteiger partial charge is 0.234 e. The minimum atomic E-state index is -0.456. The van der Waals surface area contributed by atoms with Crippen molar-refractivity contribution in [2.45, 2.75) is 19.3 Å². The van der Waals surface area contributed by atoms with Crippen molar-refractivity contribution in [3.8, 4) is 0 Å². The second-order valence-corrected chi connectivity index (χ2v) is 5.76. The van der Waals surface area contributed by atoms with E-state index in [0.29, 0.717) is 0 Å². The molecule has 17 heavy (non-hydrogen) atoms. The maximum Gasteiger partial charge on any atom is 0.234 e. The van der Waals surface area contributed by atoms with Crippen molar-refractivity contribution in [3.05, 3.63) is 40.4 Å². The fourth-order valence-corrected chi connectivity index (χ4v) is 2.93. The fraction of sp³-hybridized carbons (Fsp3) is 0.214. The highest BCUT2D eigenvalue weighted by Crippen LogP contribution is 2.44. The molecule has 1 aliphatic heterocycles. The molecule has 0 aliphatic carbocycles. The first-order chi connectivity index (χ1) is 8.01. The fourth-order valence-electron chi connectivity index (χ4n) is 2.35. The molecule has 3 heteroatoms. The number of hydrogen-bond donors (Lipinski definition) is 1. The minimum absolute atomic E-state index is 0.0655. The van der Waals surface area contributed by atoms with Gasteiger partial charge in [-0.1, -0.05) is 40.2 Å². The highest BCUT2D eigenvalue weighted by molar-refractivity contribution is 9.10. The number of amides is 1. The molecule has 0 atom stereocenters. The Morgan fingerprint density at radius 2 is 1.82 bits per heavy atom. The van der Waals surface area contributed by atoms with Crippen LogP contribution in [0.3, 0.4) is 0 Å². The molecule has 0 aromatic heterocycles. The molecule has 2 nitrogen and oxygen atoms in total. The highest BCUT2D eigenvalue weighted by atomic mass is 79.9. The van der Waals surface area contributed by atoms with Gasteiger partial charge >= 0.3 is 0 Å². The lowest BCUT2D eigenvalue weighted by Gasteiger charge is -2.16. The van der Waals surface area contributed by atoms with Crippen LogP contribution in [0.2, 0.25) is 0 Å². The number of carbonyl (C=O) groups is 1. The third-order valence-electron chi connectivity index (χ3n) is 3.47. The van der Waals surface area contributed by atoms with E-state index in [2.05, 4.69) is 33.4 Å². The number of nitrogens with one attached hydrogen (secondary N) is 1. The van der Waals surface area contributed by atoms with E-state index in [4.69, 9.17) is 0 Å². The van der Waals surface area contributed by atoms with Crippen molar-refractivity contribution in [3.63, 3.8) is 0 Å². The van der Waals surface area contributed by atoms with Gasteiger partial charge in [-0.3, -0.25) is 4.79 Å². The van der Waals surface area contributed by atoms with Crippen molar-refractivity contribution in [2.75, 3.05) is 5.32 Å². The molecule has 0 unspecified atom stereocenters. The summed E-state index contributed by atoms with van der Waals surface area (Å²) in [5.74, 6) is 0.0655. The van der Waals surface area contributed by atoms with Crippen LogP contribution in [0.1, 0.15) is 19.4 Å². The van der Waals surface area contributed by atoms with Crippen LogP contribution < -0.4 is 5.32 Å². The number of benzene rings is 2. The summed E-state index contributed by atoms with van der Waals surface area (Å²) in [7, 11) is 0. The van der Waals surface area contributed by atoms with Crippen molar-refractivity contribution in [1.82, 2.24) is 0 Å². The maximum absolute atomic E-state index is 12.0. The Bertz CT molecular complexity index is 646. The molecule has 0 fully saturated rings. The van der Waals surface area contributed by atoms with E-state index in [1.54, 1.807) is 0 Å². The molecule has 1 aliphatic rings. The molecule has 0 saturated carbocycles. The van der Waals surface area contributed by atoms with Crippen molar-refractivity contribution in [2.24, 2.45) is 0 Å². The zero-order valence-electron chi connectivity index (χ0n) is 9.67. The molecule has 1 N–H and O–H groups in total. The first-order valence-corrected chi connectivity index (χ1v) is 6.34. The third-order valence-corrected chi connectivity index (χ3v) is 4.13. The summed E-state index contributed by atoms with van der Waals surface area (Å²) < 4.78 is 1.04. The lowest BCUT2D eigenvalue weighted by atomic mass is 9.85. The van der Waals surface area contributed by atoms with Gasteiger partial charge in [0, 0.05) is 9.86 Å². The first-order valence-electron chi connectivity index (χ1n) is 5.55. The molecule has 86 valence electrons. The van der Waals surface area contributed by atoms with Gasteiger partial charge < -0.3 is 5.32 Å². The number of halogens is 1. The Labute approximate surface area is 108 Å². The number of rotatable bonds is 0. The Balaban J connectivity index is 2.45. The minimum Gasteiger partial charge on any atom is -0.324 e. The van der Waals surface area contributed by atoms with E-state index in [1.807, 2.05) is 32.0 Å². The second kappa shape index (κ2) is 3.33. The largest absolute Gasteiger partial charge is 0.324 e. The van der Waals surface area contributed by atoms with Gasteiger partial charge in [-0.05, 0) is 30.9 Å². The topological polar surface area (TPSA) is 29.1 Å². The summed E-state index contributed by atoms with van der Waals surface area (Å²) in [5.41, 5.74) is 1.56. The standard InChI is InChI=1S/C14H12BrNO/c1-14(2)10-7-11(15)8-5-3-4-6-9(8)12(10)16-13(14)17/h3-7H,1-2H3,(H,16,17). The number of fused-ring (bicyclic) bond motifs is 3. The van der Waals surface area contributed by atoms with Crippen molar-refractivity contribution in [1.29, 1.82) is 0 Å². The van der Waals surface area contributed by atoms with Crippen LogP contribution in [0.4, 0.5) is 5.69 Å². The van der Waals surface area contributed by atoms with Crippen LogP contribution in [0, 0.1) is 0 Å². The molecule has 1 heterocycles. The Morgan fingerprint density at radius 3 is 2.53 bits per heavy atom. The summed E-state index contributed by atoms with van der Waals surface area (Å²) in [6, 6.07) is 10.1. The van der Waals surface area contributed by atoms with Gasteiger partial charge in [0.15, 0.2) is 0 Å². The van der Waals surface area contributed by atoms with E-state index >= 15 is 0 Å². The van der Waals surface area contributed by atoms with E-state index in [-0.39, 0.29) is 5.91 Å². The average Bonchev–Trinajstić information content (AvgIpc) is 2.53. The first kappa shape index (κ1) is 10.8. The molecule has 1 amide bonds. The molecule has 0 spiro atoms. The van der Waals surface area contributed by atoms with Gasteiger partial charge in [0.05, 0.1) is 11.1 Å². The van der Waals surface area contributed by atoms with Crippen LogP contribution in [0.5, 0.6) is 0 Å². The van der Waals surface area contributed by atoms with Gasteiger partial charge in [0.1, 0.15) is 0 Å². The number of anilines is 1. The van der Waals surface area contributed by atoms with E-state index < -0.39 is 5.41 Å². The molecular weight excluding hydrogens is 278 g/mol. The molecule has 0 saturated heterocycles. The summed E-state index contributed by atoms with van der Waals surface area (Å²) in [5, 5.41) is 5.22. The quantitative estimate of drug-likeness (QED) is 0.785. The predicted octanol–water partition coefficient (Wildman–Crippen LogP) is 3.83. The second-order valence-electron chi connectivity index (χ2n) is 4.91. The van der Waals surface area contributed by atoms with Crippen LogP contribution in [-0.2, 0) is 10.2 Å². The van der Waals surface area contributed by atoms with E-state index in [9.17, 15) is 4.79 Å². The molecule has 0 bridgehead atoms. The number of carbonyl (C=O) groups excluding carboxylic acids is 1. The van der Waals surface area contributed by atoms with Crippen molar-refractivity contribution >= 4 is 38.3 Å². The van der Waals surface area contributed by atoms with Crippen LogP contribution in [0.15, 0.2) is 34.8 Å². The van der Waals surface area contributed by atoms with E-state index in [0.717, 1.165) is 26.5 Å². The predicted molar refractivity (Wildman–Crippen MR) is 73.3 cm³/mol. The Morgan fingerprint density at radius 1 is 1.18 bits per heavy atom. The summed E-state index contributed by atoms with van der Waals surface area (Å²) in [6.07, 6.45) is 0. The summed E-state index contributed by atoms with van der Waals surface area (Å²) in [4.78, 5) is 12.0. The molecule has 3 rings (SSSR count). The van der Waals surface area contributed by atoms with Gasteiger partial charge in [0.2, 0.25) is 5.91 Å². The van der Waals surface area contributed by atoms with Crippen molar-refractivity contribution < 1.29 is 4.79 Å². The Hall–Kier alpha value is -1.35. The van der Waals surface area contributed by atoms with Crippen LogP contribution in [0.25, 0.3) is 10.8 Å². The maximum atomic E-state index is 12.0. The van der Waals surface area contributed by atoms with Gasteiger partial charge in [-0.25, -0.2) is 0 Å².